The van der Waals surface area contributed by atoms with E-state index < -0.39 is 0 Å². The highest BCUT2D eigenvalue weighted by molar-refractivity contribution is 5.83. The van der Waals surface area contributed by atoms with Gasteiger partial charge < -0.3 is 4.74 Å². The van der Waals surface area contributed by atoms with Gasteiger partial charge in [-0.15, -0.1) is 0 Å². The third-order valence-corrected chi connectivity index (χ3v) is 6.55. The van der Waals surface area contributed by atoms with E-state index in [0.717, 1.165) is 40.4 Å². The Hall–Kier alpha value is -3.01. The van der Waals surface area contributed by atoms with Crippen molar-refractivity contribution in [2.24, 2.45) is 5.92 Å². The molecule has 0 N–H and O–H groups in total. The number of ether oxygens (including phenoxy) is 1. The summed E-state index contributed by atoms with van der Waals surface area (Å²) in [5, 5.41) is 0. The molecule has 0 atom stereocenters. The second-order valence-corrected chi connectivity index (χ2v) is 9.93. The van der Waals surface area contributed by atoms with Crippen LogP contribution in [0.25, 0.3) is 11.3 Å². The number of ketones is 1. The summed E-state index contributed by atoms with van der Waals surface area (Å²) in [7, 11) is 0. The van der Waals surface area contributed by atoms with Gasteiger partial charge in [0.25, 0.3) is 0 Å². The van der Waals surface area contributed by atoms with Crippen LogP contribution in [0.5, 0.6) is 5.75 Å². The Bertz CT molecular complexity index is 1080. The number of aromatic nitrogens is 2. The first-order valence-corrected chi connectivity index (χ1v) is 12.7. The highest BCUT2D eigenvalue weighted by Crippen LogP contribution is 2.28. The molecule has 1 aromatic heterocycles. The molecule has 1 saturated carbocycles. The topological polar surface area (TPSA) is 52.1 Å². The van der Waals surface area contributed by atoms with E-state index in [2.05, 4.69) is 31.2 Å². The number of carbonyl (C=O) groups is 1. The van der Waals surface area contributed by atoms with Crippen molar-refractivity contribution in [2.75, 3.05) is 0 Å². The van der Waals surface area contributed by atoms with Gasteiger partial charge in [-0.3, -0.25) is 9.78 Å². The minimum Gasteiger partial charge on any atom is -0.491 e. The van der Waals surface area contributed by atoms with E-state index in [1.807, 2.05) is 44.3 Å². The lowest BCUT2D eigenvalue weighted by Gasteiger charge is -2.22. The maximum Gasteiger partial charge on any atom is 0.143 e. The Balaban J connectivity index is 1.50. The summed E-state index contributed by atoms with van der Waals surface area (Å²) in [5.74, 6) is 1.64. The van der Waals surface area contributed by atoms with Crippen molar-refractivity contribution < 1.29 is 9.53 Å². The van der Waals surface area contributed by atoms with Crippen molar-refractivity contribution in [2.45, 2.75) is 78.2 Å². The zero-order valence-electron chi connectivity index (χ0n) is 20.7. The van der Waals surface area contributed by atoms with Crippen LogP contribution in [-0.2, 0) is 24.1 Å². The van der Waals surface area contributed by atoms with E-state index in [-0.39, 0.29) is 11.9 Å². The molecule has 0 radical (unpaired) electrons. The fourth-order valence-corrected chi connectivity index (χ4v) is 4.73. The number of Topliss-reactive ketones (excluding diaryl/α,β-unsaturated/α-hetero) is 1. The lowest BCUT2D eigenvalue weighted by Crippen LogP contribution is -2.16. The number of hydrogen-bond acceptors (Lipinski definition) is 4. The molecule has 4 rings (SSSR count). The average Bonchev–Trinajstić information content (AvgIpc) is 2.82. The fraction of sp³-hybridized carbons (Fsp3) is 0.433. The van der Waals surface area contributed by atoms with Crippen LogP contribution in [0, 0.1) is 12.8 Å². The predicted molar refractivity (Wildman–Crippen MR) is 137 cm³/mol. The molecule has 34 heavy (non-hydrogen) atoms. The molecule has 0 aliphatic heterocycles. The molecule has 1 aliphatic rings. The normalized spacial score (nSPS) is 14.4. The molecule has 2 aromatic carbocycles. The second-order valence-electron chi connectivity index (χ2n) is 9.93. The van der Waals surface area contributed by atoms with Crippen LogP contribution >= 0.6 is 0 Å². The van der Waals surface area contributed by atoms with Crippen molar-refractivity contribution in [3.8, 4) is 17.0 Å². The third-order valence-electron chi connectivity index (χ3n) is 6.55. The Kier molecular flexibility index (Phi) is 8.10. The van der Waals surface area contributed by atoms with Gasteiger partial charge in [0.1, 0.15) is 11.5 Å². The van der Waals surface area contributed by atoms with Gasteiger partial charge in [0, 0.05) is 12.0 Å². The monoisotopic (exact) mass is 456 g/mol. The van der Waals surface area contributed by atoms with Gasteiger partial charge in [0.15, 0.2) is 0 Å². The van der Waals surface area contributed by atoms with E-state index in [4.69, 9.17) is 14.7 Å². The smallest absolute Gasteiger partial charge is 0.143 e. The number of nitrogens with zero attached hydrogens (tertiary/aromatic N) is 2. The fourth-order valence-electron chi connectivity index (χ4n) is 4.73. The summed E-state index contributed by atoms with van der Waals surface area (Å²) >= 11 is 0. The minimum atomic E-state index is 0.136. The maximum absolute atomic E-state index is 13.0. The predicted octanol–water partition coefficient (Wildman–Crippen LogP) is 6.72. The largest absolute Gasteiger partial charge is 0.491 e. The van der Waals surface area contributed by atoms with Crippen molar-refractivity contribution in [3.05, 3.63) is 77.2 Å². The average molecular weight is 457 g/mol. The number of aryl methyl sites for hydroxylation is 1. The summed E-state index contributed by atoms with van der Waals surface area (Å²) in [6, 6.07) is 16.2. The van der Waals surface area contributed by atoms with E-state index in [9.17, 15) is 4.79 Å². The van der Waals surface area contributed by atoms with Gasteiger partial charge in [-0.25, -0.2) is 4.98 Å². The molecular formula is C30H36N2O2. The minimum absolute atomic E-state index is 0.136. The van der Waals surface area contributed by atoms with Crippen LogP contribution in [0.4, 0.5) is 0 Å². The highest BCUT2D eigenvalue weighted by Gasteiger charge is 2.19. The van der Waals surface area contributed by atoms with E-state index in [1.165, 1.54) is 37.7 Å². The molecule has 0 amide bonds. The summed E-state index contributed by atoms with van der Waals surface area (Å²) in [4.78, 5) is 22.8. The Morgan fingerprint density at radius 2 is 1.65 bits per heavy atom. The van der Waals surface area contributed by atoms with Crippen LogP contribution in [0.3, 0.4) is 0 Å². The first kappa shape index (κ1) is 24.1. The number of hydrogen-bond donors (Lipinski definition) is 0. The van der Waals surface area contributed by atoms with Crippen molar-refractivity contribution >= 4 is 5.78 Å². The van der Waals surface area contributed by atoms with Crippen LogP contribution in [-0.4, -0.2) is 21.9 Å². The molecule has 1 heterocycles. The summed E-state index contributed by atoms with van der Waals surface area (Å²) in [5.41, 5.74) is 6.03. The lowest BCUT2D eigenvalue weighted by molar-refractivity contribution is -0.117. The van der Waals surface area contributed by atoms with Crippen molar-refractivity contribution in [1.82, 2.24) is 9.97 Å². The van der Waals surface area contributed by atoms with Gasteiger partial charge in [0.2, 0.25) is 0 Å². The zero-order chi connectivity index (χ0) is 23.9. The van der Waals surface area contributed by atoms with E-state index >= 15 is 0 Å². The van der Waals surface area contributed by atoms with Gasteiger partial charge in [0.05, 0.1) is 35.8 Å². The van der Waals surface area contributed by atoms with Crippen molar-refractivity contribution in [3.63, 3.8) is 0 Å². The molecule has 0 unspecified atom stereocenters. The zero-order valence-corrected chi connectivity index (χ0v) is 20.7. The SMILES string of the molecule is Cc1ccc(-c2cnc(CC(=O)Cc3ccc(OC(C)C)cc3)c(CC3CCCCC3)n2)cc1. The molecule has 3 aromatic rings. The standard InChI is InChI=1S/C30H36N2O2/c1-21(2)34-27-15-11-24(12-16-27)17-26(33)19-28-29(18-23-7-5-4-6-8-23)32-30(20-31-28)25-13-9-22(3)10-14-25/h9-16,20-21,23H,4-8,17-19H2,1-3H3. The summed E-state index contributed by atoms with van der Waals surface area (Å²) < 4.78 is 5.71. The van der Waals surface area contributed by atoms with Gasteiger partial charge in [-0.2, -0.15) is 0 Å². The molecule has 0 spiro atoms. The molecule has 4 nitrogen and oxygen atoms in total. The molecule has 4 heteroatoms. The van der Waals surface area contributed by atoms with Crippen LogP contribution in [0.1, 0.15) is 68.5 Å². The Morgan fingerprint density at radius 1 is 0.941 bits per heavy atom. The van der Waals surface area contributed by atoms with Gasteiger partial charge in [-0.05, 0) is 50.8 Å². The molecule has 0 bridgehead atoms. The highest BCUT2D eigenvalue weighted by atomic mass is 16.5. The number of rotatable bonds is 9. The van der Waals surface area contributed by atoms with Gasteiger partial charge >= 0.3 is 0 Å². The summed E-state index contributed by atoms with van der Waals surface area (Å²) in [6.07, 6.45) is 10.0. The quantitative estimate of drug-likeness (QED) is 0.359. The molecular weight excluding hydrogens is 420 g/mol. The second kappa shape index (κ2) is 11.4. The first-order valence-electron chi connectivity index (χ1n) is 12.7. The van der Waals surface area contributed by atoms with E-state index in [0.29, 0.717) is 18.8 Å². The van der Waals surface area contributed by atoms with E-state index in [1.54, 1.807) is 0 Å². The van der Waals surface area contributed by atoms with Crippen LogP contribution in [0.2, 0.25) is 0 Å². The molecule has 0 saturated heterocycles. The number of carbonyl (C=O) groups excluding carboxylic acids is 1. The molecule has 1 fully saturated rings. The lowest BCUT2D eigenvalue weighted by atomic mass is 9.85. The molecule has 178 valence electrons. The number of benzene rings is 2. The Labute approximate surface area is 203 Å². The van der Waals surface area contributed by atoms with Crippen LogP contribution in [0.15, 0.2) is 54.7 Å². The van der Waals surface area contributed by atoms with Crippen molar-refractivity contribution in [1.29, 1.82) is 0 Å². The first-order chi connectivity index (χ1) is 16.5. The Morgan fingerprint density at radius 3 is 2.32 bits per heavy atom. The maximum atomic E-state index is 13.0. The van der Waals surface area contributed by atoms with Crippen LogP contribution < -0.4 is 4.74 Å². The third kappa shape index (κ3) is 6.75. The summed E-state index contributed by atoms with van der Waals surface area (Å²) in [6.45, 7) is 6.10. The molecule has 1 aliphatic carbocycles. The van der Waals surface area contributed by atoms with Gasteiger partial charge in [-0.1, -0.05) is 74.1 Å².